The van der Waals surface area contributed by atoms with Crippen LogP contribution in [0.1, 0.15) is 68.4 Å². The SMILES string of the molecule is C=C(c1ccc(-c2nc[nH]n2)cc1)c1cc2c(cc1C)C(C)(C)CCC2(C)C. The molecule has 0 spiro atoms. The molecule has 0 atom stereocenters. The van der Waals surface area contributed by atoms with E-state index in [1.807, 2.05) is 0 Å². The van der Waals surface area contributed by atoms with Crippen molar-refractivity contribution < 1.29 is 0 Å². The predicted octanol–water partition coefficient (Wildman–Crippen LogP) is 6.19. The molecule has 2 aromatic carbocycles. The highest BCUT2D eigenvalue weighted by atomic mass is 15.2. The average molecular weight is 372 g/mol. The van der Waals surface area contributed by atoms with Crippen molar-refractivity contribution in [2.45, 2.75) is 58.3 Å². The first-order chi connectivity index (χ1) is 13.2. The number of hydrogen-bond acceptors (Lipinski definition) is 2. The van der Waals surface area contributed by atoms with E-state index >= 15 is 0 Å². The molecule has 0 bridgehead atoms. The molecule has 4 rings (SSSR count). The van der Waals surface area contributed by atoms with Gasteiger partial charge in [-0.05, 0) is 64.0 Å². The number of hydrogen-bond donors (Lipinski definition) is 1. The van der Waals surface area contributed by atoms with Crippen LogP contribution in [0, 0.1) is 6.92 Å². The van der Waals surface area contributed by atoms with Gasteiger partial charge in [0.2, 0.25) is 0 Å². The van der Waals surface area contributed by atoms with Crippen molar-refractivity contribution in [3.63, 3.8) is 0 Å². The lowest BCUT2D eigenvalue weighted by Crippen LogP contribution is -2.34. The fourth-order valence-corrected chi connectivity index (χ4v) is 4.37. The number of fused-ring (bicyclic) bond motifs is 1. The van der Waals surface area contributed by atoms with Crippen LogP contribution in [0.4, 0.5) is 0 Å². The zero-order valence-electron chi connectivity index (χ0n) is 17.6. The van der Waals surface area contributed by atoms with E-state index in [0.717, 1.165) is 16.7 Å². The Morgan fingerprint density at radius 2 is 1.57 bits per heavy atom. The van der Waals surface area contributed by atoms with Gasteiger partial charge in [-0.2, -0.15) is 5.10 Å². The molecule has 0 unspecified atom stereocenters. The summed E-state index contributed by atoms with van der Waals surface area (Å²) in [4.78, 5) is 4.22. The Morgan fingerprint density at radius 1 is 0.964 bits per heavy atom. The molecule has 3 heteroatoms. The molecule has 1 aliphatic rings. The standard InChI is InChI=1S/C25H29N3/c1-16-13-21-22(25(5,6)12-11-24(21,3)4)14-20(16)17(2)18-7-9-19(10-8-18)23-26-15-27-28-23/h7-10,13-15H,2,11-12H2,1,3-6H3,(H,26,27,28). The highest BCUT2D eigenvalue weighted by Crippen LogP contribution is 2.47. The predicted molar refractivity (Wildman–Crippen MR) is 116 cm³/mol. The van der Waals surface area contributed by atoms with E-state index in [9.17, 15) is 0 Å². The third-order valence-electron chi connectivity index (χ3n) is 6.43. The average Bonchev–Trinajstić information content (AvgIpc) is 3.20. The molecule has 0 saturated carbocycles. The monoisotopic (exact) mass is 371 g/mol. The Labute approximate surface area is 167 Å². The summed E-state index contributed by atoms with van der Waals surface area (Å²) in [5.41, 5.74) is 9.15. The number of aryl methyl sites for hydroxylation is 1. The lowest BCUT2D eigenvalue weighted by molar-refractivity contribution is 0.331. The lowest BCUT2D eigenvalue weighted by Gasteiger charge is -2.42. The van der Waals surface area contributed by atoms with Crippen LogP contribution in [-0.2, 0) is 10.8 Å². The summed E-state index contributed by atoms with van der Waals surface area (Å²) >= 11 is 0. The van der Waals surface area contributed by atoms with Crippen LogP contribution in [0.5, 0.6) is 0 Å². The number of nitrogens with zero attached hydrogens (tertiary/aromatic N) is 2. The highest BCUT2D eigenvalue weighted by Gasteiger charge is 2.37. The number of rotatable bonds is 3. The molecule has 1 N–H and O–H groups in total. The molecular formula is C25H29N3. The van der Waals surface area contributed by atoms with Crippen LogP contribution in [0.3, 0.4) is 0 Å². The van der Waals surface area contributed by atoms with Gasteiger partial charge in [0.05, 0.1) is 0 Å². The number of benzene rings is 2. The van der Waals surface area contributed by atoms with Gasteiger partial charge >= 0.3 is 0 Å². The van der Waals surface area contributed by atoms with Gasteiger partial charge in [0.25, 0.3) is 0 Å². The first kappa shape index (κ1) is 18.7. The minimum Gasteiger partial charge on any atom is -0.265 e. The van der Waals surface area contributed by atoms with Gasteiger partial charge in [-0.1, -0.05) is 70.7 Å². The maximum absolute atomic E-state index is 4.44. The maximum Gasteiger partial charge on any atom is 0.180 e. The van der Waals surface area contributed by atoms with Crippen LogP contribution in [0.2, 0.25) is 0 Å². The Balaban J connectivity index is 1.74. The fourth-order valence-electron chi connectivity index (χ4n) is 4.37. The molecule has 1 aromatic heterocycles. The smallest absolute Gasteiger partial charge is 0.180 e. The van der Waals surface area contributed by atoms with E-state index < -0.39 is 0 Å². The summed E-state index contributed by atoms with van der Waals surface area (Å²) in [6.07, 6.45) is 4.05. The van der Waals surface area contributed by atoms with Crippen LogP contribution < -0.4 is 0 Å². The Hall–Kier alpha value is -2.68. The molecule has 0 aliphatic heterocycles. The van der Waals surface area contributed by atoms with Gasteiger partial charge in [0, 0.05) is 5.56 Å². The van der Waals surface area contributed by atoms with Crippen molar-refractivity contribution in [2.24, 2.45) is 0 Å². The van der Waals surface area contributed by atoms with Crippen LogP contribution in [-0.4, -0.2) is 15.2 Å². The van der Waals surface area contributed by atoms with Crippen LogP contribution in [0.25, 0.3) is 17.0 Å². The molecule has 0 fully saturated rings. The van der Waals surface area contributed by atoms with E-state index in [1.165, 1.54) is 35.1 Å². The maximum atomic E-state index is 4.44. The zero-order chi connectivity index (χ0) is 20.1. The first-order valence-electron chi connectivity index (χ1n) is 10.0. The van der Waals surface area contributed by atoms with Crippen molar-refractivity contribution in [1.82, 2.24) is 15.2 Å². The van der Waals surface area contributed by atoms with E-state index in [0.29, 0.717) is 5.82 Å². The number of aromatic nitrogens is 3. The summed E-state index contributed by atoms with van der Waals surface area (Å²) in [6.45, 7) is 16.1. The van der Waals surface area contributed by atoms with Crippen molar-refractivity contribution in [3.8, 4) is 11.4 Å². The topological polar surface area (TPSA) is 41.6 Å². The minimum atomic E-state index is 0.197. The van der Waals surface area contributed by atoms with Gasteiger partial charge in [-0.3, -0.25) is 5.10 Å². The van der Waals surface area contributed by atoms with Crippen molar-refractivity contribution in [2.75, 3.05) is 0 Å². The molecule has 3 aromatic rings. The van der Waals surface area contributed by atoms with Crippen molar-refractivity contribution >= 4 is 5.57 Å². The Bertz CT molecular complexity index is 1020. The quantitative estimate of drug-likeness (QED) is 0.596. The van der Waals surface area contributed by atoms with E-state index in [4.69, 9.17) is 0 Å². The molecule has 28 heavy (non-hydrogen) atoms. The summed E-state index contributed by atoms with van der Waals surface area (Å²) in [5, 5.41) is 6.92. The Morgan fingerprint density at radius 3 is 2.14 bits per heavy atom. The molecular weight excluding hydrogens is 342 g/mol. The first-order valence-corrected chi connectivity index (χ1v) is 10.0. The molecule has 3 nitrogen and oxygen atoms in total. The highest BCUT2D eigenvalue weighted by molar-refractivity contribution is 5.81. The Kier molecular flexibility index (Phi) is 4.29. The van der Waals surface area contributed by atoms with Gasteiger partial charge in [0.15, 0.2) is 5.82 Å². The van der Waals surface area contributed by atoms with Crippen LogP contribution >= 0.6 is 0 Å². The third kappa shape index (κ3) is 3.09. The molecule has 1 aliphatic carbocycles. The zero-order valence-corrected chi connectivity index (χ0v) is 17.6. The van der Waals surface area contributed by atoms with Gasteiger partial charge in [-0.25, -0.2) is 4.98 Å². The molecule has 1 heterocycles. The number of H-pyrrole nitrogens is 1. The second-order valence-electron chi connectivity index (χ2n) is 9.36. The van der Waals surface area contributed by atoms with E-state index in [2.05, 4.69) is 92.8 Å². The minimum absolute atomic E-state index is 0.197. The summed E-state index contributed by atoms with van der Waals surface area (Å²) < 4.78 is 0. The fraction of sp³-hybridized carbons (Fsp3) is 0.360. The lowest BCUT2D eigenvalue weighted by atomic mass is 9.62. The molecule has 0 saturated heterocycles. The second kappa shape index (κ2) is 6.44. The third-order valence-corrected chi connectivity index (χ3v) is 6.43. The van der Waals surface area contributed by atoms with E-state index in [1.54, 1.807) is 6.33 Å². The second-order valence-corrected chi connectivity index (χ2v) is 9.36. The van der Waals surface area contributed by atoms with Gasteiger partial charge in [0.1, 0.15) is 6.33 Å². The normalized spacial score (nSPS) is 17.2. The van der Waals surface area contributed by atoms with Gasteiger partial charge < -0.3 is 0 Å². The van der Waals surface area contributed by atoms with Crippen molar-refractivity contribution in [3.05, 3.63) is 77.1 Å². The summed E-state index contributed by atoms with van der Waals surface area (Å²) in [5.74, 6) is 0.714. The summed E-state index contributed by atoms with van der Waals surface area (Å²) in [7, 11) is 0. The van der Waals surface area contributed by atoms with Crippen LogP contribution in [0.15, 0.2) is 49.3 Å². The van der Waals surface area contributed by atoms with Gasteiger partial charge in [-0.15, -0.1) is 0 Å². The number of aromatic amines is 1. The molecule has 0 radical (unpaired) electrons. The molecule has 144 valence electrons. The summed E-state index contributed by atoms with van der Waals surface area (Å²) in [6, 6.07) is 13.1. The number of nitrogens with one attached hydrogen (secondary N) is 1. The molecule has 0 amide bonds. The largest absolute Gasteiger partial charge is 0.265 e. The van der Waals surface area contributed by atoms with E-state index in [-0.39, 0.29) is 10.8 Å². The van der Waals surface area contributed by atoms with Crippen molar-refractivity contribution in [1.29, 1.82) is 0 Å².